The predicted octanol–water partition coefficient (Wildman–Crippen LogP) is 4.59. The zero-order chi connectivity index (χ0) is 13.9. The third kappa shape index (κ3) is 3.11. The van der Waals surface area contributed by atoms with Gasteiger partial charge in [0.05, 0.1) is 0 Å². The van der Waals surface area contributed by atoms with E-state index in [1.165, 1.54) is 45.7 Å². The van der Waals surface area contributed by atoms with Gasteiger partial charge in [-0.05, 0) is 79.3 Å². The summed E-state index contributed by atoms with van der Waals surface area (Å²) in [7, 11) is 0. The van der Waals surface area contributed by atoms with E-state index in [0.717, 1.165) is 10.9 Å². The van der Waals surface area contributed by atoms with Crippen LogP contribution >= 0.6 is 27.7 Å². The van der Waals surface area contributed by atoms with Crippen molar-refractivity contribution in [3.05, 3.63) is 57.6 Å². The molecular formula is C17H18BrNS. The van der Waals surface area contributed by atoms with Crippen molar-refractivity contribution < 1.29 is 0 Å². The summed E-state index contributed by atoms with van der Waals surface area (Å²) in [5, 5.41) is 0. The maximum absolute atomic E-state index is 5.72. The van der Waals surface area contributed by atoms with Crippen LogP contribution < -0.4 is 5.73 Å². The van der Waals surface area contributed by atoms with Gasteiger partial charge in [0.1, 0.15) is 0 Å². The van der Waals surface area contributed by atoms with Crippen molar-refractivity contribution in [1.29, 1.82) is 0 Å². The van der Waals surface area contributed by atoms with Crippen LogP contribution in [0.25, 0.3) is 0 Å². The molecule has 0 fully saturated rings. The Hall–Kier alpha value is -0.770. The van der Waals surface area contributed by atoms with Crippen molar-refractivity contribution in [2.24, 2.45) is 5.73 Å². The Labute approximate surface area is 133 Å². The first-order valence-corrected chi connectivity index (χ1v) is 8.65. The topological polar surface area (TPSA) is 26.0 Å². The van der Waals surface area contributed by atoms with Crippen LogP contribution in [0.2, 0.25) is 0 Å². The zero-order valence-electron chi connectivity index (χ0n) is 11.4. The number of aryl methyl sites for hydroxylation is 2. The average molecular weight is 348 g/mol. The molecule has 2 aromatic carbocycles. The zero-order valence-corrected chi connectivity index (χ0v) is 13.8. The normalized spacial score (nSPS) is 13.5. The Bertz CT molecular complexity index is 624. The second-order valence-electron chi connectivity index (χ2n) is 5.18. The number of hydrogen-bond acceptors (Lipinski definition) is 2. The summed E-state index contributed by atoms with van der Waals surface area (Å²) in [5.74, 6) is 0. The summed E-state index contributed by atoms with van der Waals surface area (Å²) in [5.41, 5.74) is 10.1. The van der Waals surface area contributed by atoms with Gasteiger partial charge >= 0.3 is 0 Å². The van der Waals surface area contributed by atoms with E-state index in [2.05, 4.69) is 52.3 Å². The van der Waals surface area contributed by atoms with Gasteiger partial charge in [-0.3, -0.25) is 0 Å². The minimum atomic E-state index is 0.689. The lowest BCUT2D eigenvalue weighted by molar-refractivity contribution is 0.911. The van der Waals surface area contributed by atoms with Crippen molar-refractivity contribution >= 4 is 27.7 Å². The Morgan fingerprint density at radius 2 is 1.90 bits per heavy atom. The molecule has 3 heteroatoms. The quantitative estimate of drug-likeness (QED) is 0.875. The van der Waals surface area contributed by atoms with Gasteiger partial charge in [0, 0.05) is 14.3 Å². The number of rotatable bonds is 4. The van der Waals surface area contributed by atoms with Crippen LogP contribution in [-0.2, 0) is 19.3 Å². The van der Waals surface area contributed by atoms with Gasteiger partial charge in [0.15, 0.2) is 0 Å². The Balaban J connectivity index is 1.87. The smallest absolute Gasteiger partial charge is 0.0178 e. The Kier molecular flexibility index (Phi) is 4.49. The van der Waals surface area contributed by atoms with Gasteiger partial charge in [-0.15, -0.1) is 0 Å². The van der Waals surface area contributed by atoms with Crippen LogP contribution in [0, 0.1) is 0 Å². The molecule has 104 valence electrons. The molecule has 2 aromatic rings. The molecule has 0 saturated carbocycles. The molecular weight excluding hydrogens is 330 g/mol. The molecule has 0 aromatic heterocycles. The molecule has 0 amide bonds. The maximum Gasteiger partial charge on any atom is 0.0178 e. The lowest BCUT2D eigenvalue weighted by atomic mass is 10.1. The molecule has 1 nitrogen and oxygen atoms in total. The molecule has 2 N–H and O–H groups in total. The minimum absolute atomic E-state index is 0.689. The SMILES string of the molecule is NCCc1cc(Br)ccc1Sc1ccc2c(c1)CCC2. The molecule has 0 bridgehead atoms. The Morgan fingerprint density at radius 3 is 2.75 bits per heavy atom. The first-order chi connectivity index (χ1) is 9.76. The highest BCUT2D eigenvalue weighted by Gasteiger charge is 2.12. The molecule has 3 rings (SSSR count). The van der Waals surface area contributed by atoms with Crippen LogP contribution in [0.3, 0.4) is 0 Å². The first-order valence-electron chi connectivity index (χ1n) is 7.04. The molecule has 0 atom stereocenters. The van der Waals surface area contributed by atoms with Crippen molar-refractivity contribution in [2.75, 3.05) is 6.54 Å². The third-order valence-electron chi connectivity index (χ3n) is 3.73. The molecule has 0 radical (unpaired) electrons. The predicted molar refractivity (Wildman–Crippen MR) is 89.5 cm³/mol. The molecule has 0 unspecified atom stereocenters. The summed E-state index contributed by atoms with van der Waals surface area (Å²) in [6.45, 7) is 0.689. The van der Waals surface area contributed by atoms with Gasteiger partial charge in [-0.25, -0.2) is 0 Å². The monoisotopic (exact) mass is 347 g/mol. The van der Waals surface area contributed by atoms with Crippen LogP contribution in [-0.4, -0.2) is 6.54 Å². The standard InChI is InChI=1S/C17H18BrNS/c18-15-5-7-17(14(10-15)8-9-19)20-16-6-4-12-2-1-3-13(12)11-16/h4-7,10-11H,1-3,8-9,19H2. The van der Waals surface area contributed by atoms with E-state index in [9.17, 15) is 0 Å². The molecule has 0 saturated heterocycles. The molecule has 1 aliphatic rings. The van der Waals surface area contributed by atoms with Crippen molar-refractivity contribution in [2.45, 2.75) is 35.5 Å². The fraction of sp³-hybridized carbons (Fsp3) is 0.294. The largest absolute Gasteiger partial charge is 0.330 e. The van der Waals surface area contributed by atoms with Crippen LogP contribution in [0.15, 0.2) is 50.7 Å². The first kappa shape index (κ1) is 14.2. The molecule has 0 spiro atoms. The van der Waals surface area contributed by atoms with E-state index < -0.39 is 0 Å². The minimum Gasteiger partial charge on any atom is -0.330 e. The molecule has 1 aliphatic carbocycles. The fourth-order valence-corrected chi connectivity index (χ4v) is 4.16. The summed E-state index contributed by atoms with van der Waals surface area (Å²) in [6.07, 6.45) is 4.71. The highest BCUT2D eigenvalue weighted by molar-refractivity contribution is 9.10. The van der Waals surface area contributed by atoms with Crippen LogP contribution in [0.5, 0.6) is 0 Å². The van der Waals surface area contributed by atoms with E-state index in [1.807, 2.05) is 11.8 Å². The number of nitrogens with two attached hydrogens (primary N) is 1. The van der Waals surface area contributed by atoms with Gasteiger partial charge in [0.2, 0.25) is 0 Å². The summed E-state index contributed by atoms with van der Waals surface area (Å²) in [4.78, 5) is 2.66. The van der Waals surface area contributed by atoms with Crippen molar-refractivity contribution in [3.63, 3.8) is 0 Å². The number of benzene rings is 2. The number of halogens is 1. The summed E-state index contributed by atoms with van der Waals surface area (Å²) >= 11 is 5.39. The molecule has 20 heavy (non-hydrogen) atoms. The van der Waals surface area contributed by atoms with E-state index in [4.69, 9.17) is 5.73 Å². The van der Waals surface area contributed by atoms with Gasteiger partial charge < -0.3 is 5.73 Å². The van der Waals surface area contributed by atoms with Gasteiger partial charge in [-0.2, -0.15) is 0 Å². The van der Waals surface area contributed by atoms with Crippen LogP contribution in [0.1, 0.15) is 23.1 Å². The second-order valence-corrected chi connectivity index (χ2v) is 7.21. The maximum atomic E-state index is 5.72. The highest BCUT2D eigenvalue weighted by atomic mass is 79.9. The highest BCUT2D eigenvalue weighted by Crippen LogP contribution is 2.35. The lowest BCUT2D eigenvalue weighted by Gasteiger charge is -2.10. The van der Waals surface area contributed by atoms with Gasteiger partial charge in [0.25, 0.3) is 0 Å². The summed E-state index contributed by atoms with van der Waals surface area (Å²) < 4.78 is 1.12. The van der Waals surface area contributed by atoms with Crippen LogP contribution in [0.4, 0.5) is 0 Å². The van der Waals surface area contributed by atoms with E-state index in [-0.39, 0.29) is 0 Å². The lowest BCUT2D eigenvalue weighted by Crippen LogP contribution is -2.03. The van der Waals surface area contributed by atoms with E-state index >= 15 is 0 Å². The van der Waals surface area contributed by atoms with Crippen molar-refractivity contribution in [1.82, 2.24) is 0 Å². The fourth-order valence-electron chi connectivity index (χ4n) is 2.74. The number of hydrogen-bond donors (Lipinski definition) is 1. The van der Waals surface area contributed by atoms with E-state index in [1.54, 1.807) is 0 Å². The third-order valence-corrected chi connectivity index (χ3v) is 5.34. The second kappa shape index (κ2) is 6.33. The molecule has 0 heterocycles. The molecule has 0 aliphatic heterocycles. The van der Waals surface area contributed by atoms with Crippen molar-refractivity contribution in [3.8, 4) is 0 Å². The summed E-state index contributed by atoms with van der Waals surface area (Å²) in [6, 6.07) is 13.4. The number of fused-ring (bicyclic) bond motifs is 1. The average Bonchev–Trinajstić information content (AvgIpc) is 2.89. The Morgan fingerprint density at radius 1 is 1.05 bits per heavy atom. The van der Waals surface area contributed by atoms with E-state index in [0.29, 0.717) is 6.54 Å². The van der Waals surface area contributed by atoms with Gasteiger partial charge in [-0.1, -0.05) is 33.8 Å².